The predicted molar refractivity (Wildman–Crippen MR) is 113 cm³/mol. The molecule has 2 aromatic rings. The second-order valence-electron chi connectivity index (χ2n) is 8.02. The third-order valence-electron chi connectivity index (χ3n) is 5.33. The van der Waals surface area contributed by atoms with Gasteiger partial charge in [-0.05, 0) is 32.6 Å². The van der Waals surface area contributed by atoms with Crippen molar-refractivity contribution in [2.24, 2.45) is 0 Å². The molecule has 0 unspecified atom stereocenters. The molecule has 1 aliphatic carbocycles. The number of amides is 1. The van der Waals surface area contributed by atoms with Crippen molar-refractivity contribution < 1.29 is 23.7 Å². The highest BCUT2D eigenvalue weighted by atomic mass is 32.1. The Kier molecular flexibility index (Phi) is 7.01. The normalized spacial score (nSPS) is 25.2. The summed E-state index contributed by atoms with van der Waals surface area (Å²) in [5, 5.41) is 3.50. The summed E-state index contributed by atoms with van der Waals surface area (Å²) in [6.07, 6.45) is 6.85. The molecule has 3 heterocycles. The zero-order valence-electron chi connectivity index (χ0n) is 17.5. The minimum atomic E-state index is -0.0279. The first-order chi connectivity index (χ1) is 14.5. The van der Waals surface area contributed by atoms with Crippen molar-refractivity contribution in [2.45, 2.75) is 70.3 Å². The van der Waals surface area contributed by atoms with Crippen LogP contribution in [0.25, 0.3) is 10.2 Å². The van der Waals surface area contributed by atoms with Gasteiger partial charge in [-0.2, -0.15) is 0 Å². The van der Waals surface area contributed by atoms with E-state index in [9.17, 15) is 4.79 Å². The molecule has 2 aromatic heterocycles. The van der Waals surface area contributed by atoms with E-state index in [1.54, 1.807) is 6.20 Å². The summed E-state index contributed by atoms with van der Waals surface area (Å²) in [5.41, 5.74) is 0.826. The fourth-order valence-corrected chi connectivity index (χ4v) is 4.69. The second kappa shape index (κ2) is 9.89. The number of carbonyl (C=O) groups is 1. The van der Waals surface area contributed by atoms with Crippen molar-refractivity contribution in [3.63, 3.8) is 0 Å². The number of nitrogens with one attached hydrogen (secondary N) is 1. The first-order valence-corrected chi connectivity index (χ1v) is 11.4. The van der Waals surface area contributed by atoms with Crippen molar-refractivity contribution in [3.8, 4) is 11.1 Å². The van der Waals surface area contributed by atoms with Gasteiger partial charge in [0, 0.05) is 25.5 Å². The number of pyridine rings is 1. The van der Waals surface area contributed by atoms with Crippen molar-refractivity contribution >= 4 is 27.5 Å². The average Bonchev–Trinajstić information content (AvgIpc) is 3.36. The summed E-state index contributed by atoms with van der Waals surface area (Å²) in [7, 11) is 0. The summed E-state index contributed by atoms with van der Waals surface area (Å²) in [6, 6.07) is 1.98. The van der Waals surface area contributed by atoms with E-state index in [4.69, 9.17) is 18.9 Å². The number of nitrogens with zero attached hydrogens (tertiary/aromatic N) is 2. The highest BCUT2D eigenvalue weighted by Crippen LogP contribution is 2.32. The lowest BCUT2D eigenvalue weighted by Gasteiger charge is -2.29. The van der Waals surface area contributed by atoms with Gasteiger partial charge in [0.15, 0.2) is 0 Å². The van der Waals surface area contributed by atoms with E-state index in [0.717, 1.165) is 48.9 Å². The maximum Gasteiger partial charge on any atom is 0.274 e. The summed E-state index contributed by atoms with van der Waals surface area (Å²) in [5.74, 6) is 0.602. The third-order valence-corrected chi connectivity index (χ3v) is 6.23. The molecule has 1 aliphatic heterocycles. The summed E-state index contributed by atoms with van der Waals surface area (Å²) in [4.78, 5) is 20.0. The van der Waals surface area contributed by atoms with Gasteiger partial charge in [-0.15, -0.1) is 0 Å². The predicted octanol–water partition coefficient (Wildman–Crippen LogP) is 3.09. The van der Waals surface area contributed by atoms with E-state index in [2.05, 4.69) is 15.3 Å². The van der Waals surface area contributed by atoms with Gasteiger partial charge in [0.25, 0.3) is 5.19 Å². The minimum Gasteiger partial charge on any atom is -0.474 e. The van der Waals surface area contributed by atoms with Crippen LogP contribution in [-0.2, 0) is 14.3 Å². The van der Waals surface area contributed by atoms with E-state index in [0.29, 0.717) is 24.3 Å². The molecule has 1 N–H and O–H groups in total. The van der Waals surface area contributed by atoms with Crippen LogP contribution in [0.5, 0.6) is 11.1 Å². The quantitative estimate of drug-likeness (QED) is 0.681. The number of rotatable bonds is 8. The molecule has 164 valence electrons. The Labute approximate surface area is 180 Å². The lowest BCUT2D eigenvalue weighted by molar-refractivity contribution is -0.120. The van der Waals surface area contributed by atoms with Gasteiger partial charge in [0.1, 0.15) is 17.7 Å². The smallest absolute Gasteiger partial charge is 0.274 e. The molecule has 8 nitrogen and oxygen atoms in total. The van der Waals surface area contributed by atoms with Crippen molar-refractivity contribution in [3.05, 3.63) is 12.3 Å². The van der Waals surface area contributed by atoms with E-state index >= 15 is 0 Å². The van der Waals surface area contributed by atoms with Crippen LogP contribution in [0.1, 0.15) is 46.0 Å². The van der Waals surface area contributed by atoms with Gasteiger partial charge in [0.05, 0.1) is 36.8 Å². The molecule has 9 heteroatoms. The molecule has 1 saturated carbocycles. The number of hydrogen-bond acceptors (Lipinski definition) is 8. The highest BCUT2D eigenvalue weighted by molar-refractivity contribution is 7.20. The number of aromatic nitrogens is 2. The molecular formula is C21H29N3O5S. The lowest BCUT2D eigenvalue weighted by atomic mass is 9.95. The van der Waals surface area contributed by atoms with Gasteiger partial charge in [-0.3, -0.25) is 4.79 Å². The summed E-state index contributed by atoms with van der Waals surface area (Å²) >= 11 is 1.52. The Balaban J connectivity index is 1.25. The van der Waals surface area contributed by atoms with Crippen LogP contribution in [0, 0.1) is 0 Å². The highest BCUT2D eigenvalue weighted by Gasteiger charge is 2.24. The van der Waals surface area contributed by atoms with E-state index in [1.165, 1.54) is 18.3 Å². The standard InChI is InChI=1S/C21H29N3O5S/c1-13(23-14(2)25)11-27-15-3-5-16(6-4-15)28-20-9-19-18(10-22-20)24-21(30-19)29-17-7-8-26-12-17/h9-10,13,15-17H,3-8,11-12H2,1-2H3,(H,23,25)/t13-,15-,16-,17+/m0/s1. The topological polar surface area (TPSA) is 91.8 Å². The molecule has 0 aromatic carbocycles. The molecule has 2 atom stereocenters. The molecule has 2 aliphatic rings. The van der Waals surface area contributed by atoms with Crippen LogP contribution in [0.4, 0.5) is 0 Å². The first kappa shape index (κ1) is 21.3. The molecule has 4 rings (SSSR count). The van der Waals surface area contributed by atoms with Gasteiger partial charge in [-0.1, -0.05) is 11.3 Å². The van der Waals surface area contributed by atoms with Gasteiger partial charge in [0.2, 0.25) is 11.8 Å². The zero-order valence-corrected chi connectivity index (χ0v) is 18.3. The average molecular weight is 436 g/mol. The Morgan fingerprint density at radius 2 is 2.03 bits per heavy atom. The van der Waals surface area contributed by atoms with Crippen LogP contribution >= 0.6 is 11.3 Å². The van der Waals surface area contributed by atoms with Gasteiger partial charge < -0.3 is 24.3 Å². The Hall–Kier alpha value is -1.97. The van der Waals surface area contributed by atoms with Gasteiger partial charge >= 0.3 is 0 Å². The third kappa shape index (κ3) is 5.80. The molecule has 1 saturated heterocycles. The largest absolute Gasteiger partial charge is 0.474 e. The molecule has 0 spiro atoms. The number of fused-ring (bicyclic) bond motifs is 1. The van der Waals surface area contributed by atoms with Crippen molar-refractivity contribution in [2.75, 3.05) is 19.8 Å². The Bertz CT molecular complexity index is 846. The monoisotopic (exact) mass is 435 g/mol. The van der Waals surface area contributed by atoms with Gasteiger partial charge in [-0.25, -0.2) is 9.97 Å². The first-order valence-electron chi connectivity index (χ1n) is 10.6. The number of carbonyl (C=O) groups excluding carboxylic acids is 1. The molecule has 0 bridgehead atoms. The van der Waals surface area contributed by atoms with Crippen molar-refractivity contribution in [1.29, 1.82) is 0 Å². The Morgan fingerprint density at radius 1 is 1.23 bits per heavy atom. The molecule has 1 amide bonds. The maximum absolute atomic E-state index is 11.1. The fraction of sp³-hybridized carbons (Fsp3) is 0.667. The molecular weight excluding hydrogens is 406 g/mol. The second-order valence-corrected chi connectivity index (χ2v) is 9.02. The molecule has 30 heavy (non-hydrogen) atoms. The van der Waals surface area contributed by atoms with Crippen LogP contribution in [0.3, 0.4) is 0 Å². The van der Waals surface area contributed by atoms with Crippen LogP contribution in [-0.4, -0.2) is 60.0 Å². The van der Waals surface area contributed by atoms with Crippen LogP contribution < -0.4 is 14.8 Å². The number of hydrogen-bond donors (Lipinski definition) is 1. The van der Waals surface area contributed by atoms with Crippen LogP contribution in [0.2, 0.25) is 0 Å². The minimum absolute atomic E-state index is 0.0279. The molecule has 2 fully saturated rings. The maximum atomic E-state index is 11.1. The number of ether oxygens (including phenoxy) is 4. The van der Waals surface area contributed by atoms with E-state index in [1.807, 2.05) is 13.0 Å². The number of thiazole rings is 1. The lowest BCUT2D eigenvalue weighted by Crippen LogP contribution is -2.36. The van der Waals surface area contributed by atoms with Crippen LogP contribution in [0.15, 0.2) is 12.3 Å². The van der Waals surface area contributed by atoms with E-state index < -0.39 is 0 Å². The Morgan fingerprint density at radius 3 is 2.77 bits per heavy atom. The SMILES string of the molecule is CC(=O)N[C@@H](C)CO[C@H]1CC[C@H](Oc2cc3sc(O[C@@H]4CCOC4)nc3cn2)CC1. The summed E-state index contributed by atoms with van der Waals surface area (Å²) in [6.45, 7) is 5.39. The summed E-state index contributed by atoms with van der Waals surface area (Å²) < 4.78 is 24.3. The fourth-order valence-electron chi connectivity index (χ4n) is 3.81. The molecule has 0 radical (unpaired) electrons. The van der Waals surface area contributed by atoms with E-state index in [-0.39, 0.29) is 30.3 Å². The van der Waals surface area contributed by atoms with Crippen molar-refractivity contribution in [1.82, 2.24) is 15.3 Å². The zero-order chi connectivity index (χ0) is 20.9.